The van der Waals surface area contributed by atoms with Crippen LogP contribution < -0.4 is 21.3 Å². The summed E-state index contributed by atoms with van der Waals surface area (Å²) in [5.41, 5.74) is -0.0394. The Bertz CT molecular complexity index is 1490. The van der Waals surface area contributed by atoms with Gasteiger partial charge in [0.2, 0.25) is 29.4 Å². The fourth-order valence-corrected chi connectivity index (χ4v) is 6.95. The third-order valence-corrected chi connectivity index (χ3v) is 9.55. The Labute approximate surface area is 325 Å². The van der Waals surface area contributed by atoms with E-state index in [9.17, 15) is 33.6 Å². The number of nitrogens with zero attached hydrogens (tertiary/aromatic N) is 2. The maximum absolute atomic E-state index is 14.4. The quantitative estimate of drug-likeness (QED) is 0.173. The van der Waals surface area contributed by atoms with Crippen LogP contribution in [0.3, 0.4) is 0 Å². The summed E-state index contributed by atoms with van der Waals surface area (Å²) in [7, 11) is 3.12. The molecule has 0 radical (unpaired) electrons. The van der Waals surface area contributed by atoms with Gasteiger partial charge in [0.15, 0.2) is 0 Å². The van der Waals surface area contributed by atoms with Gasteiger partial charge in [-0.05, 0) is 57.4 Å². The predicted molar refractivity (Wildman–Crippen MR) is 205 cm³/mol. The summed E-state index contributed by atoms with van der Waals surface area (Å²) < 4.78 is 11.6. The molecular weight excluding hydrogens is 708 g/mol. The van der Waals surface area contributed by atoms with Gasteiger partial charge in [0.25, 0.3) is 5.91 Å². The number of benzene rings is 1. The third kappa shape index (κ3) is 13.9. The molecule has 0 aromatic heterocycles. The van der Waals surface area contributed by atoms with E-state index in [1.54, 1.807) is 51.4 Å². The van der Waals surface area contributed by atoms with Crippen LogP contribution in [0.2, 0.25) is 0 Å². The number of ether oxygens (including phenoxy) is 2. The Kier molecular flexibility index (Phi) is 17.1. The summed E-state index contributed by atoms with van der Waals surface area (Å²) in [6.07, 6.45) is 3.78. The van der Waals surface area contributed by atoms with Gasteiger partial charge in [0.1, 0.15) is 18.1 Å². The van der Waals surface area contributed by atoms with Gasteiger partial charge in [-0.3, -0.25) is 28.8 Å². The lowest BCUT2D eigenvalue weighted by Crippen LogP contribution is -2.58. The number of rotatable bonds is 17. The molecule has 1 unspecified atom stereocenters. The molecule has 15 heteroatoms. The van der Waals surface area contributed by atoms with E-state index in [0.717, 1.165) is 32.1 Å². The van der Waals surface area contributed by atoms with Gasteiger partial charge in [-0.15, -0.1) is 0 Å². The highest BCUT2D eigenvalue weighted by Crippen LogP contribution is 2.31. The van der Waals surface area contributed by atoms with Crippen LogP contribution >= 0.6 is 0 Å². The Morgan fingerprint density at radius 2 is 1.58 bits per heavy atom. The molecule has 1 heterocycles. The fraction of sp³-hybridized carbons (Fsp3) is 0.675. The molecule has 1 aliphatic heterocycles. The summed E-state index contributed by atoms with van der Waals surface area (Å²) >= 11 is 0. The van der Waals surface area contributed by atoms with E-state index in [2.05, 4.69) is 21.3 Å². The molecular formula is C40H62N6O9. The number of likely N-dealkylation sites (N-methyl/N-ethyl adjacent to an activating group) is 1. The van der Waals surface area contributed by atoms with Crippen LogP contribution in [-0.4, -0.2) is 115 Å². The maximum atomic E-state index is 14.4. The van der Waals surface area contributed by atoms with Crippen molar-refractivity contribution in [2.24, 2.45) is 11.8 Å². The van der Waals surface area contributed by atoms with Crippen molar-refractivity contribution in [1.29, 1.82) is 0 Å². The molecule has 1 saturated heterocycles. The molecule has 306 valence electrons. The van der Waals surface area contributed by atoms with Crippen molar-refractivity contribution >= 4 is 41.4 Å². The van der Waals surface area contributed by atoms with Crippen molar-refractivity contribution in [2.75, 3.05) is 33.8 Å². The third-order valence-electron chi connectivity index (χ3n) is 9.55. The van der Waals surface area contributed by atoms with Crippen LogP contribution in [0.5, 0.6) is 0 Å². The summed E-state index contributed by atoms with van der Waals surface area (Å²) in [6.45, 7) is 10.9. The number of likely N-dealkylation sites (tertiary alicyclic amines) is 1. The molecule has 2 fully saturated rings. The Morgan fingerprint density at radius 1 is 0.927 bits per heavy atom. The average molecular weight is 771 g/mol. The van der Waals surface area contributed by atoms with Gasteiger partial charge in [0, 0.05) is 27.1 Å². The first-order valence-corrected chi connectivity index (χ1v) is 19.5. The summed E-state index contributed by atoms with van der Waals surface area (Å²) in [5.74, 6) is -4.24. The molecule has 6 amide bonds. The van der Waals surface area contributed by atoms with Crippen molar-refractivity contribution < 1.29 is 43.0 Å². The molecule has 4 N–H and O–H groups in total. The summed E-state index contributed by atoms with van der Waals surface area (Å²) in [5, 5.41) is 10.5. The van der Waals surface area contributed by atoms with Crippen LogP contribution in [0.15, 0.2) is 30.3 Å². The van der Waals surface area contributed by atoms with E-state index >= 15 is 0 Å². The average Bonchev–Trinajstić information content (AvgIpc) is 3.56. The number of Topliss-reactive ketones (excluding diaryl/α,β-unsaturated/α-hetero) is 1. The topological polar surface area (TPSA) is 193 Å². The summed E-state index contributed by atoms with van der Waals surface area (Å²) in [6, 6.07) is 4.39. The highest BCUT2D eigenvalue weighted by Gasteiger charge is 2.46. The zero-order valence-electron chi connectivity index (χ0n) is 33.8. The first kappa shape index (κ1) is 44.9. The summed E-state index contributed by atoms with van der Waals surface area (Å²) in [4.78, 5) is 96.4. The molecule has 2 aliphatic rings. The van der Waals surface area contributed by atoms with Crippen LogP contribution in [0.1, 0.15) is 105 Å². The number of amides is 6. The molecule has 1 aromatic carbocycles. The number of carbonyl (C=O) groups excluding carboxylic acids is 7. The highest BCUT2D eigenvalue weighted by atomic mass is 16.5. The van der Waals surface area contributed by atoms with Crippen molar-refractivity contribution in [3.8, 4) is 0 Å². The van der Waals surface area contributed by atoms with Gasteiger partial charge < -0.3 is 40.5 Å². The molecule has 1 aliphatic carbocycles. The fourth-order valence-electron chi connectivity index (χ4n) is 6.95. The minimum atomic E-state index is -1.24. The van der Waals surface area contributed by atoms with Gasteiger partial charge in [-0.2, -0.15) is 0 Å². The second-order valence-electron chi connectivity index (χ2n) is 16.1. The molecule has 55 heavy (non-hydrogen) atoms. The van der Waals surface area contributed by atoms with Crippen molar-refractivity contribution in [2.45, 2.75) is 129 Å². The first-order valence-electron chi connectivity index (χ1n) is 19.5. The van der Waals surface area contributed by atoms with Crippen LogP contribution in [-0.2, 0) is 38.2 Å². The second kappa shape index (κ2) is 21.0. The van der Waals surface area contributed by atoms with E-state index in [0.29, 0.717) is 12.0 Å². The molecule has 5 atom stereocenters. The van der Waals surface area contributed by atoms with E-state index < -0.39 is 77.9 Å². The Morgan fingerprint density at radius 3 is 2.16 bits per heavy atom. The van der Waals surface area contributed by atoms with E-state index in [4.69, 9.17) is 9.47 Å². The number of ketones is 1. The standard InChI is InChI=1S/C40H62N6O9/c1-9-16-29(34(48)36(50)41-22-31(47)43-32(37(51)45(7)8)26-17-12-10-13-18-26)42-35(49)30-21-28(55-40(4,5)6)23-46(30)38(52)33(27-19-14-11-15-20-27)44-39(53)54-24-25(2)3/h10,12-13,17-18,25,27-30,32-33H,9,11,14-16,19-24H2,1-8H3,(H,41,50)(H,42,49)(H,43,47)(H,44,53)/t28-,29?,30+,32+,33+/m1/s1. The normalized spacial score (nSPS) is 19.1. The number of hydrogen-bond donors (Lipinski definition) is 4. The largest absolute Gasteiger partial charge is 0.449 e. The van der Waals surface area contributed by atoms with Crippen LogP contribution in [0.25, 0.3) is 0 Å². The zero-order chi connectivity index (χ0) is 40.9. The van der Waals surface area contributed by atoms with Gasteiger partial charge in [0.05, 0.1) is 30.9 Å². The monoisotopic (exact) mass is 770 g/mol. The van der Waals surface area contributed by atoms with Gasteiger partial charge in [-0.25, -0.2) is 4.79 Å². The minimum absolute atomic E-state index is 0.0857. The molecule has 0 spiro atoms. The number of alkyl carbamates (subject to hydrolysis) is 1. The lowest BCUT2D eigenvalue weighted by atomic mass is 9.83. The van der Waals surface area contributed by atoms with Crippen LogP contribution in [0, 0.1) is 11.8 Å². The zero-order valence-corrected chi connectivity index (χ0v) is 33.8. The second-order valence-corrected chi connectivity index (χ2v) is 16.1. The van der Waals surface area contributed by atoms with Crippen molar-refractivity contribution in [1.82, 2.24) is 31.1 Å². The molecule has 1 aromatic rings. The van der Waals surface area contributed by atoms with Crippen LogP contribution in [0.4, 0.5) is 4.79 Å². The first-order chi connectivity index (χ1) is 25.9. The number of hydrogen-bond acceptors (Lipinski definition) is 9. The van der Waals surface area contributed by atoms with E-state index in [1.165, 1.54) is 9.80 Å². The van der Waals surface area contributed by atoms with E-state index in [1.807, 2.05) is 34.6 Å². The Hall–Kier alpha value is -4.53. The van der Waals surface area contributed by atoms with Crippen molar-refractivity contribution in [3.05, 3.63) is 35.9 Å². The number of carbonyl (C=O) groups is 7. The minimum Gasteiger partial charge on any atom is -0.449 e. The SMILES string of the molecule is CCCC(NC(=O)[C@@H]1C[C@@H](OC(C)(C)C)CN1C(=O)[C@@H](NC(=O)OCC(C)C)C1CCCCC1)C(=O)C(=O)NCC(=O)N[C@H](C(=O)N(C)C)c1ccccc1. The Balaban J connectivity index is 1.76. The number of nitrogens with one attached hydrogen (secondary N) is 4. The molecule has 0 bridgehead atoms. The lowest BCUT2D eigenvalue weighted by molar-refractivity contribution is -0.143. The highest BCUT2D eigenvalue weighted by molar-refractivity contribution is 6.38. The predicted octanol–water partition coefficient (Wildman–Crippen LogP) is 3.02. The maximum Gasteiger partial charge on any atom is 0.407 e. The molecule has 3 rings (SSSR count). The molecule has 15 nitrogen and oxygen atoms in total. The van der Waals surface area contributed by atoms with Gasteiger partial charge in [-0.1, -0.05) is 76.8 Å². The smallest absolute Gasteiger partial charge is 0.407 e. The van der Waals surface area contributed by atoms with Crippen molar-refractivity contribution in [3.63, 3.8) is 0 Å². The lowest BCUT2D eigenvalue weighted by Gasteiger charge is -2.34. The molecule has 1 saturated carbocycles. The van der Waals surface area contributed by atoms with Gasteiger partial charge >= 0.3 is 6.09 Å². The van der Waals surface area contributed by atoms with E-state index in [-0.39, 0.29) is 43.7 Å².